The smallest absolute Gasteiger partial charge is 0.193 e. The molecule has 3 rings (SSSR count). The van der Waals surface area contributed by atoms with Crippen molar-refractivity contribution in [3.8, 4) is 5.75 Å². The maximum absolute atomic E-state index is 12.5. The van der Waals surface area contributed by atoms with Crippen LogP contribution in [0.4, 0.5) is 0 Å². The standard InChI is InChI=1S/C18H19NO2/c1-12(2)21-17-7-5-13(6-8-17)18(20)14-3-4-15-10-19-11-16(15)9-14/h3-9,12,19H,10-11H2,1-2H3. The zero-order chi connectivity index (χ0) is 14.8. The zero-order valence-electron chi connectivity index (χ0n) is 12.3. The molecule has 1 aliphatic rings. The highest BCUT2D eigenvalue weighted by Crippen LogP contribution is 2.20. The number of ether oxygens (including phenoxy) is 1. The van der Waals surface area contributed by atoms with Gasteiger partial charge in [-0.15, -0.1) is 0 Å². The molecule has 1 aliphatic heterocycles. The van der Waals surface area contributed by atoms with Crippen LogP contribution in [0.15, 0.2) is 42.5 Å². The molecule has 0 amide bonds. The molecule has 3 nitrogen and oxygen atoms in total. The molecule has 0 fully saturated rings. The SMILES string of the molecule is CC(C)Oc1ccc(C(=O)c2ccc3c(c2)CNC3)cc1. The fourth-order valence-corrected chi connectivity index (χ4v) is 2.56. The average Bonchev–Trinajstić information content (AvgIpc) is 2.94. The van der Waals surface area contributed by atoms with E-state index in [1.165, 1.54) is 11.1 Å². The van der Waals surface area contributed by atoms with E-state index in [0.717, 1.165) is 24.4 Å². The zero-order valence-corrected chi connectivity index (χ0v) is 12.3. The van der Waals surface area contributed by atoms with Gasteiger partial charge < -0.3 is 10.1 Å². The number of carbonyl (C=O) groups is 1. The lowest BCUT2D eigenvalue weighted by Crippen LogP contribution is -2.06. The molecule has 0 unspecified atom stereocenters. The third kappa shape index (κ3) is 2.98. The van der Waals surface area contributed by atoms with Gasteiger partial charge in [0.15, 0.2) is 5.78 Å². The molecule has 0 saturated heterocycles. The second-order valence-corrected chi connectivity index (χ2v) is 5.61. The number of carbonyl (C=O) groups excluding carboxylic acids is 1. The maximum atomic E-state index is 12.5. The predicted octanol–water partition coefficient (Wildman–Crippen LogP) is 3.31. The Bertz CT molecular complexity index is 659. The lowest BCUT2D eigenvalue weighted by molar-refractivity contribution is 0.103. The first-order valence-electron chi connectivity index (χ1n) is 7.27. The third-order valence-corrected chi connectivity index (χ3v) is 3.59. The van der Waals surface area contributed by atoms with Crippen LogP contribution < -0.4 is 10.1 Å². The van der Waals surface area contributed by atoms with Crippen LogP contribution in [0, 0.1) is 0 Å². The van der Waals surface area contributed by atoms with Crippen molar-refractivity contribution in [3.63, 3.8) is 0 Å². The third-order valence-electron chi connectivity index (χ3n) is 3.59. The van der Waals surface area contributed by atoms with Gasteiger partial charge in [-0.05, 0) is 55.3 Å². The minimum absolute atomic E-state index is 0.0563. The fraction of sp³-hybridized carbons (Fsp3) is 0.278. The molecular formula is C18H19NO2. The molecular weight excluding hydrogens is 262 g/mol. The first-order valence-corrected chi connectivity index (χ1v) is 7.27. The van der Waals surface area contributed by atoms with Crippen molar-refractivity contribution in [2.45, 2.75) is 33.0 Å². The number of fused-ring (bicyclic) bond motifs is 1. The van der Waals surface area contributed by atoms with E-state index in [1.807, 2.05) is 56.3 Å². The molecule has 0 spiro atoms. The van der Waals surface area contributed by atoms with Gasteiger partial charge in [-0.3, -0.25) is 4.79 Å². The Morgan fingerprint density at radius 3 is 2.38 bits per heavy atom. The van der Waals surface area contributed by atoms with Gasteiger partial charge in [0.2, 0.25) is 0 Å². The summed E-state index contributed by atoms with van der Waals surface area (Å²) < 4.78 is 5.60. The minimum atomic E-state index is 0.0563. The topological polar surface area (TPSA) is 38.3 Å². The van der Waals surface area contributed by atoms with Gasteiger partial charge in [-0.25, -0.2) is 0 Å². The van der Waals surface area contributed by atoms with Crippen molar-refractivity contribution in [1.29, 1.82) is 0 Å². The van der Waals surface area contributed by atoms with Gasteiger partial charge in [0.1, 0.15) is 5.75 Å². The molecule has 0 atom stereocenters. The molecule has 3 heteroatoms. The summed E-state index contributed by atoms with van der Waals surface area (Å²) in [6.07, 6.45) is 0.135. The van der Waals surface area contributed by atoms with Gasteiger partial charge in [-0.1, -0.05) is 12.1 Å². The number of hydrogen-bond acceptors (Lipinski definition) is 3. The van der Waals surface area contributed by atoms with Crippen molar-refractivity contribution in [2.75, 3.05) is 0 Å². The highest BCUT2D eigenvalue weighted by Gasteiger charge is 2.14. The van der Waals surface area contributed by atoms with Crippen LogP contribution in [0.1, 0.15) is 40.9 Å². The number of rotatable bonds is 4. The largest absolute Gasteiger partial charge is 0.491 e. The van der Waals surface area contributed by atoms with Crippen molar-refractivity contribution in [2.24, 2.45) is 0 Å². The molecule has 0 aliphatic carbocycles. The molecule has 0 aromatic heterocycles. The molecule has 0 radical (unpaired) electrons. The number of ketones is 1. The van der Waals surface area contributed by atoms with E-state index in [0.29, 0.717) is 5.56 Å². The van der Waals surface area contributed by atoms with Crippen LogP contribution in [0.5, 0.6) is 5.75 Å². The molecule has 1 heterocycles. The average molecular weight is 281 g/mol. The summed E-state index contributed by atoms with van der Waals surface area (Å²) >= 11 is 0. The van der Waals surface area contributed by atoms with E-state index in [2.05, 4.69) is 5.32 Å². The Morgan fingerprint density at radius 1 is 1.00 bits per heavy atom. The van der Waals surface area contributed by atoms with Gasteiger partial charge in [0.05, 0.1) is 6.10 Å². The van der Waals surface area contributed by atoms with E-state index < -0.39 is 0 Å². The van der Waals surface area contributed by atoms with Crippen LogP contribution >= 0.6 is 0 Å². The van der Waals surface area contributed by atoms with Gasteiger partial charge in [0.25, 0.3) is 0 Å². The number of hydrogen-bond donors (Lipinski definition) is 1. The highest BCUT2D eigenvalue weighted by atomic mass is 16.5. The lowest BCUT2D eigenvalue weighted by Gasteiger charge is -2.10. The van der Waals surface area contributed by atoms with Gasteiger partial charge in [0, 0.05) is 24.2 Å². The van der Waals surface area contributed by atoms with E-state index in [9.17, 15) is 4.79 Å². The van der Waals surface area contributed by atoms with E-state index in [-0.39, 0.29) is 11.9 Å². The monoisotopic (exact) mass is 281 g/mol. The Kier molecular flexibility index (Phi) is 3.76. The Balaban J connectivity index is 1.81. The number of nitrogens with one attached hydrogen (secondary N) is 1. The van der Waals surface area contributed by atoms with Crippen LogP contribution in [-0.2, 0) is 13.1 Å². The second kappa shape index (κ2) is 5.70. The minimum Gasteiger partial charge on any atom is -0.491 e. The summed E-state index contributed by atoms with van der Waals surface area (Å²) in [5, 5.41) is 3.29. The van der Waals surface area contributed by atoms with Crippen molar-refractivity contribution in [3.05, 3.63) is 64.7 Å². The summed E-state index contributed by atoms with van der Waals surface area (Å²) in [7, 11) is 0. The molecule has 21 heavy (non-hydrogen) atoms. The van der Waals surface area contributed by atoms with Crippen LogP contribution in [0.3, 0.4) is 0 Å². The van der Waals surface area contributed by atoms with Crippen molar-refractivity contribution in [1.82, 2.24) is 5.32 Å². The summed E-state index contributed by atoms with van der Waals surface area (Å²) in [6, 6.07) is 13.3. The summed E-state index contributed by atoms with van der Waals surface area (Å²) in [5.74, 6) is 0.848. The molecule has 108 valence electrons. The molecule has 0 bridgehead atoms. The van der Waals surface area contributed by atoms with E-state index in [1.54, 1.807) is 0 Å². The van der Waals surface area contributed by atoms with Crippen molar-refractivity contribution < 1.29 is 9.53 Å². The first-order chi connectivity index (χ1) is 10.1. The highest BCUT2D eigenvalue weighted by molar-refractivity contribution is 6.09. The Hall–Kier alpha value is -2.13. The summed E-state index contributed by atoms with van der Waals surface area (Å²) in [4.78, 5) is 12.5. The summed E-state index contributed by atoms with van der Waals surface area (Å²) in [6.45, 7) is 5.71. The first kappa shape index (κ1) is 13.8. The Morgan fingerprint density at radius 2 is 1.67 bits per heavy atom. The fourth-order valence-electron chi connectivity index (χ4n) is 2.56. The predicted molar refractivity (Wildman–Crippen MR) is 82.6 cm³/mol. The van der Waals surface area contributed by atoms with Crippen LogP contribution in [-0.4, -0.2) is 11.9 Å². The van der Waals surface area contributed by atoms with Gasteiger partial charge in [-0.2, -0.15) is 0 Å². The van der Waals surface area contributed by atoms with Gasteiger partial charge >= 0.3 is 0 Å². The van der Waals surface area contributed by atoms with E-state index >= 15 is 0 Å². The lowest BCUT2D eigenvalue weighted by atomic mass is 9.99. The quantitative estimate of drug-likeness (QED) is 0.874. The second-order valence-electron chi connectivity index (χ2n) is 5.61. The molecule has 2 aromatic carbocycles. The molecule has 2 aromatic rings. The van der Waals surface area contributed by atoms with E-state index in [4.69, 9.17) is 4.74 Å². The molecule has 0 saturated carbocycles. The van der Waals surface area contributed by atoms with Crippen LogP contribution in [0.2, 0.25) is 0 Å². The Labute approximate surface area is 124 Å². The number of benzene rings is 2. The molecule has 1 N–H and O–H groups in total. The van der Waals surface area contributed by atoms with Crippen molar-refractivity contribution >= 4 is 5.78 Å². The normalized spacial score (nSPS) is 13.3. The van der Waals surface area contributed by atoms with Crippen LogP contribution in [0.25, 0.3) is 0 Å². The maximum Gasteiger partial charge on any atom is 0.193 e. The summed E-state index contributed by atoms with van der Waals surface area (Å²) in [5.41, 5.74) is 3.94.